The fourth-order valence-corrected chi connectivity index (χ4v) is 1.94. The predicted molar refractivity (Wildman–Crippen MR) is 66.7 cm³/mol. The van der Waals surface area contributed by atoms with Crippen LogP contribution in [-0.4, -0.2) is 19.7 Å². The third-order valence-electron chi connectivity index (χ3n) is 2.95. The normalized spacial score (nSPS) is 12.0. The molecule has 0 aliphatic carbocycles. The molecule has 7 heteroatoms. The van der Waals surface area contributed by atoms with E-state index >= 15 is 0 Å². The summed E-state index contributed by atoms with van der Waals surface area (Å²) in [7, 11) is 1.73. The number of halogens is 3. The number of benzene rings is 1. The monoisotopic (exact) mass is 278 g/mol. The van der Waals surface area contributed by atoms with Crippen molar-refractivity contribution in [3.05, 3.63) is 42.2 Å². The molecule has 0 unspecified atom stereocenters. The highest BCUT2D eigenvalue weighted by Crippen LogP contribution is 2.31. The Kier molecular flexibility index (Phi) is 2.70. The minimum Gasteiger partial charge on any atom is -0.266 e. The van der Waals surface area contributed by atoms with Gasteiger partial charge in [0.25, 0.3) is 0 Å². The van der Waals surface area contributed by atoms with Crippen LogP contribution < -0.4 is 0 Å². The van der Waals surface area contributed by atoms with Gasteiger partial charge in [-0.2, -0.15) is 18.3 Å². The van der Waals surface area contributed by atoms with E-state index in [1.807, 2.05) is 0 Å². The molecule has 2 heterocycles. The first-order valence-corrected chi connectivity index (χ1v) is 5.77. The van der Waals surface area contributed by atoms with Crippen molar-refractivity contribution in [3.8, 4) is 11.4 Å². The second kappa shape index (κ2) is 4.29. The molecular formula is C13H9F3N4. The van der Waals surface area contributed by atoms with Crippen molar-refractivity contribution < 1.29 is 13.2 Å². The van der Waals surface area contributed by atoms with E-state index in [1.54, 1.807) is 24.0 Å². The Morgan fingerprint density at radius 1 is 1.10 bits per heavy atom. The molecule has 0 N–H and O–H groups in total. The summed E-state index contributed by atoms with van der Waals surface area (Å²) in [6, 6.07) is 5.05. The van der Waals surface area contributed by atoms with Crippen LogP contribution in [0.5, 0.6) is 0 Å². The summed E-state index contributed by atoms with van der Waals surface area (Å²) in [5.74, 6) is 0. The molecule has 0 saturated heterocycles. The Labute approximate surface area is 111 Å². The van der Waals surface area contributed by atoms with E-state index in [9.17, 15) is 13.2 Å². The van der Waals surface area contributed by atoms with Crippen molar-refractivity contribution in [2.24, 2.45) is 7.05 Å². The zero-order valence-corrected chi connectivity index (χ0v) is 10.4. The van der Waals surface area contributed by atoms with Gasteiger partial charge in [-0.05, 0) is 24.3 Å². The molecule has 0 radical (unpaired) electrons. The van der Waals surface area contributed by atoms with Crippen molar-refractivity contribution in [1.82, 2.24) is 19.7 Å². The Morgan fingerprint density at radius 3 is 2.55 bits per heavy atom. The Hall–Kier alpha value is -2.44. The molecule has 0 atom stereocenters. The number of hydrogen-bond acceptors (Lipinski definition) is 3. The first-order valence-electron chi connectivity index (χ1n) is 5.77. The molecule has 0 saturated carbocycles. The first-order chi connectivity index (χ1) is 9.45. The minimum absolute atomic E-state index is 0.207. The molecule has 3 rings (SSSR count). The predicted octanol–water partition coefficient (Wildman–Crippen LogP) is 3.05. The zero-order valence-electron chi connectivity index (χ0n) is 10.4. The lowest BCUT2D eigenvalue weighted by Crippen LogP contribution is -2.05. The molecule has 3 aromatic rings. The van der Waals surface area contributed by atoms with Crippen molar-refractivity contribution in [3.63, 3.8) is 0 Å². The average Bonchev–Trinajstić information content (AvgIpc) is 2.82. The summed E-state index contributed by atoms with van der Waals surface area (Å²) < 4.78 is 39.7. The summed E-state index contributed by atoms with van der Waals surface area (Å²) >= 11 is 0. The molecular weight excluding hydrogens is 269 g/mol. The summed E-state index contributed by atoms with van der Waals surface area (Å²) in [6.45, 7) is 0. The number of aryl methyl sites for hydroxylation is 1. The largest absolute Gasteiger partial charge is 0.416 e. The highest BCUT2D eigenvalue weighted by atomic mass is 19.4. The van der Waals surface area contributed by atoms with Crippen LogP contribution in [0.1, 0.15) is 5.56 Å². The molecule has 0 spiro atoms. The highest BCUT2D eigenvalue weighted by Gasteiger charge is 2.30. The van der Waals surface area contributed by atoms with Gasteiger partial charge in [-0.25, -0.2) is 4.98 Å². The molecule has 0 amide bonds. The first kappa shape index (κ1) is 12.6. The van der Waals surface area contributed by atoms with Gasteiger partial charge in [-0.15, -0.1) is 0 Å². The molecule has 2 aromatic heterocycles. The maximum Gasteiger partial charge on any atom is 0.416 e. The lowest BCUT2D eigenvalue weighted by atomic mass is 10.2. The lowest BCUT2D eigenvalue weighted by molar-refractivity contribution is -0.137. The SMILES string of the molecule is Cn1nccc1-c1cnc2ccc(C(F)(F)F)cc2n1. The van der Waals surface area contributed by atoms with Gasteiger partial charge in [0, 0.05) is 13.2 Å². The molecule has 0 fully saturated rings. The number of aromatic nitrogens is 4. The van der Waals surface area contributed by atoms with Crippen LogP contribution in [0.25, 0.3) is 22.4 Å². The van der Waals surface area contributed by atoms with E-state index < -0.39 is 11.7 Å². The van der Waals surface area contributed by atoms with Gasteiger partial charge in [0.05, 0.1) is 28.5 Å². The number of alkyl halides is 3. The smallest absolute Gasteiger partial charge is 0.266 e. The quantitative estimate of drug-likeness (QED) is 0.687. The van der Waals surface area contributed by atoms with E-state index in [2.05, 4.69) is 15.1 Å². The Balaban J connectivity index is 2.17. The molecule has 4 nitrogen and oxygen atoms in total. The third-order valence-corrected chi connectivity index (χ3v) is 2.95. The maximum absolute atomic E-state index is 12.7. The molecule has 102 valence electrons. The van der Waals surface area contributed by atoms with E-state index in [0.29, 0.717) is 16.9 Å². The van der Waals surface area contributed by atoms with E-state index in [4.69, 9.17) is 0 Å². The number of rotatable bonds is 1. The van der Waals surface area contributed by atoms with Crippen molar-refractivity contribution >= 4 is 11.0 Å². The van der Waals surface area contributed by atoms with Crippen molar-refractivity contribution in [2.75, 3.05) is 0 Å². The summed E-state index contributed by atoms with van der Waals surface area (Å²) in [5, 5.41) is 4.00. The van der Waals surface area contributed by atoms with Crippen LogP contribution in [-0.2, 0) is 13.2 Å². The van der Waals surface area contributed by atoms with Gasteiger partial charge in [-0.1, -0.05) is 0 Å². The van der Waals surface area contributed by atoms with Crippen molar-refractivity contribution in [2.45, 2.75) is 6.18 Å². The van der Waals surface area contributed by atoms with E-state index in [-0.39, 0.29) is 5.52 Å². The van der Waals surface area contributed by atoms with Crippen LogP contribution in [0, 0.1) is 0 Å². The van der Waals surface area contributed by atoms with Gasteiger partial charge in [0.1, 0.15) is 5.69 Å². The van der Waals surface area contributed by atoms with Gasteiger partial charge in [0.15, 0.2) is 0 Å². The summed E-state index contributed by atoms with van der Waals surface area (Å²) in [6.07, 6.45) is -1.28. The van der Waals surface area contributed by atoms with E-state index in [0.717, 1.165) is 12.1 Å². The topological polar surface area (TPSA) is 43.6 Å². The van der Waals surface area contributed by atoms with Crippen LogP contribution in [0.15, 0.2) is 36.7 Å². The molecule has 20 heavy (non-hydrogen) atoms. The van der Waals surface area contributed by atoms with Crippen LogP contribution in [0.3, 0.4) is 0 Å². The molecule has 0 bridgehead atoms. The average molecular weight is 278 g/mol. The van der Waals surface area contributed by atoms with Crippen LogP contribution in [0.4, 0.5) is 13.2 Å². The Morgan fingerprint density at radius 2 is 1.90 bits per heavy atom. The zero-order chi connectivity index (χ0) is 14.3. The summed E-state index contributed by atoms with van der Waals surface area (Å²) in [5.41, 5.74) is 1.07. The van der Waals surface area contributed by atoms with Crippen LogP contribution in [0.2, 0.25) is 0 Å². The van der Waals surface area contributed by atoms with Gasteiger partial charge in [0.2, 0.25) is 0 Å². The second-order valence-corrected chi connectivity index (χ2v) is 4.30. The fourth-order valence-electron chi connectivity index (χ4n) is 1.94. The number of nitrogens with zero attached hydrogens (tertiary/aromatic N) is 4. The number of hydrogen-bond donors (Lipinski definition) is 0. The molecule has 1 aromatic carbocycles. The summed E-state index contributed by atoms with van der Waals surface area (Å²) in [4.78, 5) is 8.36. The standard InChI is InChI=1S/C13H9F3N4/c1-20-12(4-5-18-20)11-7-17-9-3-2-8(13(14,15)16)6-10(9)19-11/h2-7H,1H3. The minimum atomic E-state index is -4.39. The fraction of sp³-hybridized carbons (Fsp3) is 0.154. The van der Waals surface area contributed by atoms with Gasteiger partial charge in [-0.3, -0.25) is 9.67 Å². The molecule has 0 aliphatic heterocycles. The lowest BCUT2D eigenvalue weighted by Gasteiger charge is -2.08. The van der Waals surface area contributed by atoms with Gasteiger partial charge < -0.3 is 0 Å². The number of fused-ring (bicyclic) bond motifs is 1. The van der Waals surface area contributed by atoms with Gasteiger partial charge >= 0.3 is 6.18 Å². The van der Waals surface area contributed by atoms with E-state index in [1.165, 1.54) is 12.3 Å². The van der Waals surface area contributed by atoms with Crippen molar-refractivity contribution in [1.29, 1.82) is 0 Å². The Bertz CT molecular complexity index is 777. The maximum atomic E-state index is 12.7. The molecule has 0 aliphatic rings. The third kappa shape index (κ3) is 2.11. The van der Waals surface area contributed by atoms with Crippen LogP contribution >= 0.6 is 0 Å². The highest BCUT2D eigenvalue weighted by molar-refractivity contribution is 5.77. The second-order valence-electron chi connectivity index (χ2n) is 4.30.